The Labute approximate surface area is 203 Å². The maximum Gasteiger partial charge on any atom is 0.273 e. The van der Waals surface area contributed by atoms with Crippen molar-refractivity contribution in [1.82, 2.24) is 9.78 Å². The summed E-state index contributed by atoms with van der Waals surface area (Å²) in [6, 6.07) is 19.6. The Balaban J connectivity index is 1.46. The molecule has 0 saturated carbocycles. The van der Waals surface area contributed by atoms with Gasteiger partial charge in [0.25, 0.3) is 11.5 Å². The minimum absolute atomic E-state index is 0.289. The summed E-state index contributed by atoms with van der Waals surface area (Å²) in [5.74, 6) is 2.03. The van der Waals surface area contributed by atoms with Crippen molar-refractivity contribution in [2.75, 3.05) is 18.5 Å². The van der Waals surface area contributed by atoms with E-state index in [0.717, 1.165) is 22.4 Å². The van der Waals surface area contributed by atoms with Crippen molar-refractivity contribution in [1.29, 1.82) is 0 Å². The molecule has 0 fully saturated rings. The molecule has 0 aliphatic rings. The van der Waals surface area contributed by atoms with Gasteiger partial charge in [0.05, 0.1) is 5.69 Å². The minimum atomic E-state index is -0.343. The minimum Gasteiger partial charge on any atom is -0.492 e. The summed E-state index contributed by atoms with van der Waals surface area (Å²) >= 11 is 0. The molecule has 0 saturated heterocycles. The van der Waals surface area contributed by atoms with Gasteiger partial charge in [-0.1, -0.05) is 6.07 Å². The van der Waals surface area contributed by atoms with Gasteiger partial charge in [0, 0.05) is 18.2 Å². The first-order valence-corrected chi connectivity index (χ1v) is 11.3. The molecule has 0 unspecified atom stereocenters. The lowest BCUT2D eigenvalue weighted by Gasteiger charge is -2.10. The van der Waals surface area contributed by atoms with E-state index in [9.17, 15) is 9.59 Å². The number of H-pyrrole nitrogens is 1. The Hall–Kier alpha value is -4.30. The van der Waals surface area contributed by atoms with E-state index in [4.69, 9.17) is 15.2 Å². The van der Waals surface area contributed by atoms with E-state index in [0.29, 0.717) is 35.9 Å². The second-order valence-electron chi connectivity index (χ2n) is 8.33. The molecule has 0 aliphatic heterocycles. The van der Waals surface area contributed by atoms with Gasteiger partial charge in [-0.05, 0) is 92.1 Å². The predicted molar refractivity (Wildman–Crippen MR) is 136 cm³/mol. The monoisotopic (exact) mass is 472 g/mol. The first-order valence-electron chi connectivity index (χ1n) is 11.3. The van der Waals surface area contributed by atoms with Gasteiger partial charge in [-0.15, -0.1) is 0 Å². The number of carbonyl (C=O) groups is 1. The summed E-state index contributed by atoms with van der Waals surface area (Å²) in [6.45, 7) is 6.71. The van der Waals surface area contributed by atoms with Gasteiger partial charge < -0.3 is 20.5 Å². The summed E-state index contributed by atoms with van der Waals surface area (Å²) in [4.78, 5) is 25.2. The number of nitrogens with one attached hydrogen (secondary N) is 2. The lowest BCUT2D eigenvalue weighted by molar-refractivity contribution is 0.102. The third-order valence-electron chi connectivity index (χ3n) is 5.31. The molecule has 0 spiro atoms. The van der Waals surface area contributed by atoms with Gasteiger partial charge >= 0.3 is 0 Å². The van der Waals surface area contributed by atoms with E-state index in [2.05, 4.69) is 16.5 Å². The van der Waals surface area contributed by atoms with Gasteiger partial charge in [-0.2, -0.15) is 0 Å². The number of nitrogens with two attached hydrogens (primary N) is 1. The Kier molecular flexibility index (Phi) is 7.03. The second-order valence-corrected chi connectivity index (χ2v) is 8.33. The highest BCUT2D eigenvalue weighted by Crippen LogP contribution is 2.25. The number of benzene rings is 3. The molecule has 1 aromatic heterocycles. The van der Waals surface area contributed by atoms with E-state index < -0.39 is 0 Å². The highest BCUT2D eigenvalue weighted by molar-refractivity contribution is 6.04. The fraction of sp³-hybridized carbons (Fsp3) is 0.185. The maximum absolute atomic E-state index is 12.7. The van der Waals surface area contributed by atoms with Crippen LogP contribution in [0.1, 0.15) is 27.0 Å². The molecule has 4 aromatic rings. The first-order chi connectivity index (χ1) is 16.8. The van der Waals surface area contributed by atoms with Gasteiger partial charge in [0.1, 0.15) is 29.7 Å². The van der Waals surface area contributed by atoms with Crippen molar-refractivity contribution >= 4 is 11.7 Å². The van der Waals surface area contributed by atoms with Crippen LogP contribution in [-0.2, 0) is 0 Å². The van der Waals surface area contributed by atoms with Crippen LogP contribution in [0.3, 0.4) is 0 Å². The molecule has 4 N–H and O–H groups in total. The number of amides is 1. The number of carbonyl (C=O) groups excluding carboxylic acids is 1. The summed E-state index contributed by atoms with van der Waals surface area (Å²) in [6.07, 6.45) is 0. The molecule has 0 radical (unpaired) electrons. The van der Waals surface area contributed by atoms with Gasteiger partial charge in [-0.3, -0.25) is 14.7 Å². The molecule has 8 nitrogen and oxygen atoms in total. The predicted octanol–water partition coefficient (Wildman–Crippen LogP) is 4.47. The van der Waals surface area contributed by atoms with Crippen LogP contribution < -0.4 is 26.1 Å². The van der Waals surface area contributed by atoms with Crippen molar-refractivity contribution in [3.63, 3.8) is 0 Å². The fourth-order valence-electron chi connectivity index (χ4n) is 3.76. The molecule has 3 aromatic carbocycles. The molecular formula is C27H28N4O4. The van der Waals surface area contributed by atoms with Crippen molar-refractivity contribution < 1.29 is 14.3 Å². The van der Waals surface area contributed by atoms with E-state index >= 15 is 0 Å². The third-order valence-corrected chi connectivity index (χ3v) is 5.31. The summed E-state index contributed by atoms with van der Waals surface area (Å²) in [5.41, 5.74) is 9.29. The quantitative estimate of drug-likeness (QED) is 0.350. The topological polar surface area (TPSA) is 111 Å². The standard InChI is InChI=1S/C27H28N4O4/c1-17-12-18(2)14-23(13-17)35-22-7-5-21(6-8-22)31-26(32)16-25(30-31)29-27(33)20-4-9-24(19(3)15-20)34-11-10-28/h4-9,12-16,30H,10-11,28H2,1-3H3,(H,29,33). The number of hydrogen-bond donors (Lipinski definition) is 3. The number of aryl methyl sites for hydroxylation is 3. The number of rotatable bonds is 8. The van der Waals surface area contributed by atoms with Crippen LogP contribution in [0.4, 0.5) is 5.82 Å². The second kappa shape index (κ2) is 10.3. The van der Waals surface area contributed by atoms with Gasteiger partial charge in [-0.25, -0.2) is 4.68 Å². The van der Waals surface area contributed by atoms with Crippen LogP contribution in [-0.4, -0.2) is 28.8 Å². The first kappa shape index (κ1) is 23.8. The lowest BCUT2D eigenvalue weighted by atomic mass is 10.1. The molecule has 0 bridgehead atoms. The molecular weight excluding hydrogens is 444 g/mol. The van der Waals surface area contributed by atoms with Crippen molar-refractivity contribution in [2.24, 2.45) is 5.73 Å². The van der Waals surface area contributed by atoms with Crippen LogP contribution in [0.25, 0.3) is 5.69 Å². The average molecular weight is 473 g/mol. The average Bonchev–Trinajstić information content (AvgIpc) is 3.17. The van der Waals surface area contributed by atoms with E-state index in [-0.39, 0.29) is 17.3 Å². The van der Waals surface area contributed by atoms with Gasteiger partial charge in [0.15, 0.2) is 0 Å². The Morgan fingerprint density at radius 1 is 0.943 bits per heavy atom. The number of anilines is 1. The van der Waals surface area contributed by atoms with Crippen LogP contribution in [0.15, 0.2) is 71.5 Å². The maximum atomic E-state index is 12.7. The summed E-state index contributed by atoms with van der Waals surface area (Å²) in [7, 11) is 0. The molecule has 180 valence electrons. The summed E-state index contributed by atoms with van der Waals surface area (Å²) < 4.78 is 12.8. The molecule has 8 heteroatoms. The van der Waals surface area contributed by atoms with Gasteiger partial charge in [0.2, 0.25) is 0 Å². The van der Waals surface area contributed by atoms with Crippen LogP contribution in [0, 0.1) is 20.8 Å². The highest BCUT2D eigenvalue weighted by Gasteiger charge is 2.12. The Morgan fingerprint density at radius 3 is 2.31 bits per heavy atom. The molecule has 1 amide bonds. The number of nitrogens with zero attached hydrogens (tertiary/aromatic N) is 1. The zero-order chi connectivity index (χ0) is 24.9. The van der Waals surface area contributed by atoms with Crippen molar-refractivity contribution in [3.8, 4) is 22.9 Å². The van der Waals surface area contributed by atoms with Crippen LogP contribution >= 0.6 is 0 Å². The van der Waals surface area contributed by atoms with E-state index in [1.807, 2.05) is 32.9 Å². The molecule has 0 aliphatic carbocycles. The molecule has 35 heavy (non-hydrogen) atoms. The van der Waals surface area contributed by atoms with Crippen molar-refractivity contribution in [3.05, 3.63) is 99.3 Å². The third kappa shape index (κ3) is 5.80. The lowest BCUT2D eigenvalue weighted by Crippen LogP contribution is -2.14. The largest absolute Gasteiger partial charge is 0.492 e. The molecule has 1 heterocycles. The molecule has 0 atom stereocenters. The van der Waals surface area contributed by atoms with Crippen LogP contribution in [0.5, 0.6) is 17.2 Å². The smallest absolute Gasteiger partial charge is 0.273 e. The fourth-order valence-corrected chi connectivity index (χ4v) is 3.76. The zero-order valence-electron chi connectivity index (χ0n) is 19.9. The molecule has 4 rings (SSSR count). The normalized spacial score (nSPS) is 10.7. The Bertz CT molecular complexity index is 1380. The number of aromatic amines is 1. The highest BCUT2D eigenvalue weighted by atomic mass is 16.5. The zero-order valence-corrected chi connectivity index (χ0v) is 19.9. The SMILES string of the molecule is Cc1cc(C)cc(Oc2ccc(-n3[nH]c(NC(=O)c4ccc(OCCN)c(C)c4)cc3=O)cc2)c1. The number of aromatic nitrogens is 2. The Morgan fingerprint density at radius 2 is 1.66 bits per heavy atom. The number of ether oxygens (including phenoxy) is 2. The van der Waals surface area contributed by atoms with E-state index in [1.165, 1.54) is 10.7 Å². The van der Waals surface area contributed by atoms with E-state index in [1.54, 1.807) is 42.5 Å². The number of hydrogen-bond acceptors (Lipinski definition) is 5. The van der Waals surface area contributed by atoms with Crippen molar-refractivity contribution in [2.45, 2.75) is 20.8 Å². The summed E-state index contributed by atoms with van der Waals surface area (Å²) in [5, 5.41) is 5.66. The van der Waals surface area contributed by atoms with Crippen LogP contribution in [0.2, 0.25) is 0 Å².